The van der Waals surface area contributed by atoms with Gasteiger partial charge in [0, 0.05) is 13.1 Å². The normalized spacial score (nSPS) is 16.0. The van der Waals surface area contributed by atoms with E-state index in [2.05, 4.69) is 4.72 Å². The molecule has 1 heterocycles. The van der Waals surface area contributed by atoms with Crippen LogP contribution < -0.4 is 4.72 Å². The molecule has 158 valence electrons. The zero-order valence-corrected chi connectivity index (χ0v) is 17.1. The van der Waals surface area contributed by atoms with E-state index >= 15 is 0 Å². The first kappa shape index (κ1) is 21.6. The number of anilines is 1. The Bertz CT molecular complexity index is 1150. The highest BCUT2D eigenvalue weighted by Crippen LogP contribution is 2.28. The van der Waals surface area contributed by atoms with E-state index in [-0.39, 0.29) is 10.6 Å². The molecule has 6 nitrogen and oxygen atoms in total. The molecule has 0 spiro atoms. The molecule has 0 unspecified atom stereocenters. The first-order chi connectivity index (χ1) is 13.5. The first-order valence-corrected chi connectivity index (χ1v) is 11.7. The number of rotatable bonds is 5. The van der Waals surface area contributed by atoms with Gasteiger partial charge in [0.05, 0.1) is 10.6 Å². The lowest BCUT2D eigenvalue weighted by molar-refractivity contribution is 0.346. The Hall–Kier alpha value is -2.11. The van der Waals surface area contributed by atoms with E-state index in [1.54, 1.807) is 0 Å². The lowest BCUT2D eigenvalue weighted by Gasteiger charge is -2.26. The Morgan fingerprint density at radius 1 is 0.897 bits per heavy atom. The highest BCUT2D eigenvalue weighted by molar-refractivity contribution is 7.92. The zero-order valence-electron chi connectivity index (χ0n) is 15.5. The second-order valence-corrected chi connectivity index (χ2v) is 10.3. The molecule has 3 rings (SSSR count). The lowest BCUT2D eigenvalue weighted by Crippen LogP contribution is -2.35. The molecule has 29 heavy (non-hydrogen) atoms. The highest BCUT2D eigenvalue weighted by Gasteiger charge is 2.28. The number of sulfonamides is 2. The minimum absolute atomic E-state index is 0.104. The molecule has 0 aromatic heterocycles. The molecular weight excluding hydrogens is 429 g/mol. The van der Waals surface area contributed by atoms with Crippen LogP contribution in [-0.4, -0.2) is 34.2 Å². The molecule has 2 aromatic rings. The molecule has 11 heteroatoms. The van der Waals surface area contributed by atoms with Gasteiger partial charge < -0.3 is 0 Å². The van der Waals surface area contributed by atoms with Crippen LogP contribution in [0.2, 0.25) is 0 Å². The molecule has 0 saturated carbocycles. The maximum Gasteiger partial charge on any atom is 0.264 e. The van der Waals surface area contributed by atoms with Crippen molar-refractivity contribution in [2.75, 3.05) is 17.8 Å². The molecule has 1 saturated heterocycles. The van der Waals surface area contributed by atoms with Crippen molar-refractivity contribution >= 4 is 25.7 Å². The molecule has 0 amide bonds. The van der Waals surface area contributed by atoms with Gasteiger partial charge in [-0.25, -0.2) is 30.0 Å². The van der Waals surface area contributed by atoms with Gasteiger partial charge >= 0.3 is 0 Å². The molecule has 0 atom stereocenters. The summed E-state index contributed by atoms with van der Waals surface area (Å²) in [6.07, 6.45) is 2.41. The second kappa shape index (κ2) is 7.96. The number of halogens is 3. The summed E-state index contributed by atoms with van der Waals surface area (Å²) in [6, 6.07) is 5.00. The molecule has 2 aromatic carbocycles. The summed E-state index contributed by atoms with van der Waals surface area (Å²) in [4.78, 5) is -1.20. The number of hydrogen-bond acceptors (Lipinski definition) is 4. The monoisotopic (exact) mass is 448 g/mol. The van der Waals surface area contributed by atoms with Crippen molar-refractivity contribution in [1.29, 1.82) is 0 Å². The van der Waals surface area contributed by atoms with Crippen LogP contribution >= 0.6 is 0 Å². The minimum atomic E-state index is -4.63. The van der Waals surface area contributed by atoms with Crippen molar-refractivity contribution in [1.82, 2.24) is 4.31 Å². The maximum atomic E-state index is 13.9. The van der Waals surface area contributed by atoms with E-state index in [4.69, 9.17) is 0 Å². The van der Waals surface area contributed by atoms with Gasteiger partial charge in [-0.2, -0.15) is 4.31 Å². The molecule has 1 N–H and O–H groups in total. The van der Waals surface area contributed by atoms with Crippen molar-refractivity contribution in [3.05, 3.63) is 53.3 Å². The van der Waals surface area contributed by atoms with E-state index in [9.17, 15) is 30.0 Å². The Kier molecular flexibility index (Phi) is 5.93. The Morgan fingerprint density at radius 3 is 2.21 bits per heavy atom. The molecule has 0 aliphatic carbocycles. The minimum Gasteiger partial charge on any atom is -0.279 e. The number of aryl methyl sites for hydroxylation is 1. The average Bonchev–Trinajstić information content (AvgIpc) is 2.68. The lowest BCUT2D eigenvalue weighted by atomic mass is 10.2. The van der Waals surface area contributed by atoms with Crippen LogP contribution in [0.25, 0.3) is 0 Å². The van der Waals surface area contributed by atoms with Crippen molar-refractivity contribution in [3.63, 3.8) is 0 Å². The largest absolute Gasteiger partial charge is 0.279 e. The van der Waals surface area contributed by atoms with E-state index in [0.29, 0.717) is 30.8 Å². The third-order valence-corrected chi connectivity index (χ3v) is 7.97. The van der Waals surface area contributed by atoms with Crippen LogP contribution in [-0.2, 0) is 20.0 Å². The predicted molar refractivity (Wildman–Crippen MR) is 101 cm³/mol. The summed E-state index contributed by atoms with van der Waals surface area (Å²) >= 11 is 0. The topological polar surface area (TPSA) is 83.6 Å². The van der Waals surface area contributed by atoms with Crippen molar-refractivity contribution < 1.29 is 30.0 Å². The number of hydrogen-bond donors (Lipinski definition) is 1. The van der Waals surface area contributed by atoms with Crippen molar-refractivity contribution in [2.45, 2.75) is 36.0 Å². The quantitative estimate of drug-likeness (QED) is 0.711. The molecule has 1 aliphatic rings. The molecule has 1 fully saturated rings. The molecule has 1 aliphatic heterocycles. The van der Waals surface area contributed by atoms with Crippen molar-refractivity contribution in [3.8, 4) is 0 Å². The first-order valence-electron chi connectivity index (χ1n) is 8.81. The highest BCUT2D eigenvalue weighted by atomic mass is 32.2. The third-order valence-electron chi connectivity index (χ3n) is 4.70. The van der Waals surface area contributed by atoms with Crippen LogP contribution in [0.3, 0.4) is 0 Å². The van der Waals surface area contributed by atoms with Gasteiger partial charge in [0.2, 0.25) is 10.0 Å². The van der Waals surface area contributed by atoms with E-state index < -0.39 is 42.4 Å². The van der Waals surface area contributed by atoms with E-state index in [0.717, 1.165) is 25.3 Å². The predicted octanol–water partition coefficient (Wildman–Crippen LogP) is 3.39. The molecular formula is C18H19F3N2O4S2. The van der Waals surface area contributed by atoms with Gasteiger partial charge in [-0.15, -0.1) is 0 Å². The number of benzene rings is 2. The van der Waals surface area contributed by atoms with Crippen LogP contribution in [0.4, 0.5) is 18.9 Å². The fourth-order valence-electron chi connectivity index (χ4n) is 3.04. The maximum absolute atomic E-state index is 13.9. The molecule has 0 bridgehead atoms. The summed E-state index contributed by atoms with van der Waals surface area (Å²) in [7, 11) is -8.46. The second-order valence-electron chi connectivity index (χ2n) is 6.72. The third kappa shape index (κ3) is 4.26. The SMILES string of the molecule is Cc1ccc(S(=O)(=O)N2CCCCC2)cc1NS(=O)(=O)c1ccc(F)c(F)c1F. The van der Waals surface area contributed by atoms with Gasteiger partial charge in [-0.1, -0.05) is 12.5 Å². The Labute approximate surface area is 167 Å². The fourth-order valence-corrected chi connectivity index (χ4v) is 5.78. The van der Waals surface area contributed by atoms with Gasteiger partial charge in [0.15, 0.2) is 17.5 Å². The fraction of sp³-hybridized carbons (Fsp3) is 0.333. The van der Waals surface area contributed by atoms with Crippen molar-refractivity contribution in [2.24, 2.45) is 0 Å². The smallest absolute Gasteiger partial charge is 0.264 e. The summed E-state index contributed by atoms with van der Waals surface area (Å²) < 4.78 is 94.5. The van der Waals surface area contributed by atoms with Crippen LogP contribution in [0.1, 0.15) is 24.8 Å². The van der Waals surface area contributed by atoms with Gasteiger partial charge in [0.1, 0.15) is 4.90 Å². The number of nitrogens with one attached hydrogen (secondary N) is 1. The van der Waals surface area contributed by atoms with Crippen LogP contribution in [0, 0.1) is 24.4 Å². The average molecular weight is 448 g/mol. The number of nitrogens with zero attached hydrogens (tertiary/aromatic N) is 1. The van der Waals surface area contributed by atoms with E-state index in [1.807, 2.05) is 0 Å². The van der Waals surface area contributed by atoms with Gasteiger partial charge in [-0.05, 0) is 49.6 Å². The van der Waals surface area contributed by atoms with Crippen LogP contribution in [0.15, 0.2) is 40.1 Å². The standard InChI is InChI=1S/C18H19F3N2O4S2/c1-12-5-6-13(29(26,27)23-9-3-2-4-10-23)11-15(12)22-28(24,25)16-8-7-14(19)17(20)18(16)21/h5-8,11,22H,2-4,9-10H2,1H3. The Morgan fingerprint density at radius 2 is 1.55 bits per heavy atom. The summed E-state index contributed by atoms with van der Waals surface area (Å²) in [6.45, 7) is 2.27. The molecule has 0 radical (unpaired) electrons. The summed E-state index contributed by atoms with van der Waals surface area (Å²) in [5, 5.41) is 0. The Balaban J connectivity index is 1.98. The number of piperidine rings is 1. The van der Waals surface area contributed by atoms with Crippen LogP contribution in [0.5, 0.6) is 0 Å². The summed E-state index contributed by atoms with van der Waals surface area (Å²) in [5.41, 5.74) is 0.265. The van der Waals surface area contributed by atoms with Gasteiger partial charge in [0.25, 0.3) is 10.0 Å². The summed E-state index contributed by atoms with van der Waals surface area (Å²) in [5.74, 6) is -5.29. The van der Waals surface area contributed by atoms with Gasteiger partial charge in [-0.3, -0.25) is 4.72 Å². The van der Waals surface area contributed by atoms with E-state index in [1.165, 1.54) is 23.4 Å². The zero-order chi connectivity index (χ0) is 21.4.